The summed E-state index contributed by atoms with van der Waals surface area (Å²) >= 11 is 1.82. The number of thiophene rings is 1. The monoisotopic (exact) mass is 259 g/mol. The molecule has 1 unspecified atom stereocenters. The molecule has 0 fully saturated rings. The lowest BCUT2D eigenvalue weighted by molar-refractivity contribution is 0.591. The maximum Gasteiger partial charge on any atom is 0.0369 e. The molecule has 1 aromatic carbocycles. The van der Waals surface area contributed by atoms with Gasteiger partial charge in [-0.05, 0) is 56.8 Å². The van der Waals surface area contributed by atoms with E-state index in [4.69, 9.17) is 0 Å². The van der Waals surface area contributed by atoms with E-state index in [1.165, 1.54) is 27.1 Å². The first-order valence-corrected chi connectivity index (χ1v) is 7.26. The predicted molar refractivity (Wildman–Crippen MR) is 80.5 cm³/mol. The second-order valence-electron chi connectivity index (χ2n) is 4.97. The van der Waals surface area contributed by atoms with Gasteiger partial charge in [0.1, 0.15) is 0 Å². The van der Waals surface area contributed by atoms with E-state index in [1.807, 2.05) is 18.4 Å². The minimum atomic E-state index is 0.414. The molecule has 1 atom stereocenters. The normalized spacial score (nSPS) is 12.7. The third-order valence-electron chi connectivity index (χ3n) is 3.34. The second-order valence-corrected chi connectivity index (χ2v) is 6.09. The first kappa shape index (κ1) is 13.3. The van der Waals surface area contributed by atoms with Crippen molar-refractivity contribution in [2.24, 2.45) is 0 Å². The fraction of sp³-hybridized carbons (Fsp3) is 0.375. The van der Waals surface area contributed by atoms with Crippen LogP contribution in [0.1, 0.15) is 33.2 Å². The first-order valence-electron chi connectivity index (χ1n) is 6.38. The van der Waals surface area contributed by atoms with E-state index in [9.17, 15) is 0 Å². The zero-order valence-corrected chi connectivity index (χ0v) is 12.4. The van der Waals surface area contributed by atoms with Crippen LogP contribution < -0.4 is 5.32 Å². The summed E-state index contributed by atoms with van der Waals surface area (Å²) in [7, 11) is 2.05. The number of aryl methyl sites for hydroxylation is 3. The van der Waals surface area contributed by atoms with Crippen LogP contribution in [0.4, 0.5) is 0 Å². The van der Waals surface area contributed by atoms with Gasteiger partial charge < -0.3 is 5.32 Å². The van der Waals surface area contributed by atoms with Crippen LogP contribution in [0.15, 0.2) is 29.6 Å². The summed E-state index contributed by atoms with van der Waals surface area (Å²) in [5.74, 6) is 0. The third-order valence-corrected chi connectivity index (χ3v) is 4.21. The summed E-state index contributed by atoms with van der Waals surface area (Å²) in [6.45, 7) is 6.53. The van der Waals surface area contributed by atoms with Crippen molar-refractivity contribution in [3.8, 4) is 0 Å². The van der Waals surface area contributed by atoms with Gasteiger partial charge >= 0.3 is 0 Å². The van der Waals surface area contributed by atoms with E-state index in [-0.39, 0.29) is 0 Å². The molecule has 2 heteroatoms. The first-order chi connectivity index (χ1) is 8.60. The quantitative estimate of drug-likeness (QED) is 0.868. The molecule has 0 saturated carbocycles. The molecule has 2 aromatic rings. The van der Waals surface area contributed by atoms with Crippen molar-refractivity contribution in [2.75, 3.05) is 7.05 Å². The van der Waals surface area contributed by atoms with Crippen LogP contribution in [-0.4, -0.2) is 7.05 Å². The van der Waals surface area contributed by atoms with E-state index in [1.54, 1.807) is 0 Å². The Bertz CT molecular complexity index is 507. The number of rotatable bonds is 4. The molecule has 1 aromatic heterocycles. The molecule has 1 heterocycles. The summed E-state index contributed by atoms with van der Waals surface area (Å²) in [5, 5.41) is 5.62. The zero-order chi connectivity index (χ0) is 13.1. The van der Waals surface area contributed by atoms with Gasteiger partial charge in [-0.25, -0.2) is 0 Å². The molecule has 0 bridgehead atoms. The average Bonchev–Trinajstić information content (AvgIpc) is 2.71. The van der Waals surface area contributed by atoms with Crippen LogP contribution in [0, 0.1) is 20.8 Å². The van der Waals surface area contributed by atoms with Crippen LogP contribution in [0.5, 0.6) is 0 Å². The molecule has 0 aliphatic heterocycles. The highest BCUT2D eigenvalue weighted by molar-refractivity contribution is 7.10. The summed E-state index contributed by atoms with van der Waals surface area (Å²) < 4.78 is 0. The molecule has 1 nitrogen and oxygen atoms in total. The molecule has 96 valence electrons. The molecule has 0 aliphatic rings. The number of likely N-dealkylation sites (N-methyl/N-ethyl adjacent to an activating group) is 1. The fourth-order valence-electron chi connectivity index (χ4n) is 2.55. The van der Waals surface area contributed by atoms with Crippen molar-refractivity contribution in [3.05, 3.63) is 56.8 Å². The summed E-state index contributed by atoms with van der Waals surface area (Å²) in [5.41, 5.74) is 5.54. The van der Waals surface area contributed by atoms with Crippen LogP contribution in [0.2, 0.25) is 0 Å². The van der Waals surface area contributed by atoms with Crippen molar-refractivity contribution in [1.82, 2.24) is 5.32 Å². The Labute approximate surface area is 114 Å². The topological polar surface area (TPSA) is 12.0 Å². The second kappa shape index (κ2) is 5.68. The standard InChI is InChI=1S/C16H21NS/c1-11-7-12(2)9-14(8-11)10-16(17-4)15-5-6-18-13(15)3/h5-9,16-17H,10H2,1-4H3. The molecular formula is C16H21NS. The molecule has 0 saturated heterocycles. The Morgan fingerprint density at radius 3 is 2.28 bits per heavy atom. The fourth-order valence-corrected chi connectivity index (χ4v) is 3.31. The van der Waals surface area contributed by atoms with Gasteiger partial charge in [0.05, 0.1) is 0 Å². The van der Waals surface area contributed by atoms with Gasteiger partial charge in [-0.3, -0.25) is 0 Å². The van der Waals surface area contributed by atoms with Crippen LogP contribution >= 0.6 is 11.3 Å². The van der Waals surface area contributed by atoms with E-state index >= 15 is 0 Å². The number of hydrogen-bond acceptors (Lipinski definition) is 2. The molecule has 1 N–H and O–H groups in total. The Kier molecular flexibility index (Phi) is 4.20. The smallest absolute Gasteiger partial charge is 0.0369 e. The van der Waals surface area contributed by atoms with E-state index in [2.05, 4.69) is 55.7 Å². The Balaban J connectivity index is 2.23. The van der Waals surface area contributed by atoms with Crippen molar-refractivity contribution in [1.29, 1.82) is 0 Å². The zero-order valence-electron chi connectivity index (χ0n) is 11.6. The van der Waals surface area contributed by atoms with Gasteiger partial charge in [0, 0.05) is 10.9 Å². The number of hydrogen-bond donors (Lipinski definition) is 1. The Morgan fingerprint density at radius 1 is 1.11 bits per heavy atom. The third kappa shape index (κ3) is 3.01. The number of benzene rings is 1. The molecular weight excluding hydrogens is 238 g/mol. The predicted octanol–water partition coefficient (Wildman–Crippen LogP) is 4.18. The van der Waals surface area contributed by atoms with Crippen molar-refractivity contribution >= 4 is 11.3 Å². The molecule has 2 rings (SSSR count). The molecule has 0 amide bonds. The molecule has 0 spiro atoms. The highest BCUT2D eigenvalue weighted by Crippen LogP contribution is 2.25. The molecule has 18 heavy (non-hydrogen) atoms. The van der Waals surface area contributed by atoms with Crippen LogP contribution in [0.25, 0.3) is 0 Å². The van der Waals surface area contributed by atoms with E-state index in [0.29, 0.717) is 6.04 Å². The minimum absolute atomic E-state index is 0.414. The van der Waals surface area contributed by atoms with E-state index in [0.717, 1.165) is 6.42 Å². The van der Waals surface area contributed by atoms with Crippen molar-refractivity contribution in [3.63, 3.8) is 0 Å². The lowest BCUT2D eigenvalue weighted by Gasteiger charge is -2.17. The minimum Gasteiger partial charge on any atom is -0.313 e. The maximum absolute atomic E-state index is 3.44. The average molecular weight is 259 g/mol. The summed E-state index contributed by atoms with van der Waals surface area (Å²) in [6.07, 6.45) is 1.05. The molecule has 0 aliphatic carbocycles. The van der Waals surface area contributed by atoms with Gasteiger partial charge in [0.2, 0.25) is 0 Å². The van der Waals surface area contributed by atoms with Gasteiger partial charge in [-0.2, -0.15) is 0 Å². The maximum atomic E-state index is 3.44. The highest BCUT2D eigenvalue weighted by atomic mass is 32.1. The summed E-state index contributed by atoms with van der Waals surface area (Å²) in [4.78, 5) is 1.42. The van der Waals surface area contributed by atoms with Gasteiger partial charge in [0.15, 0.2) is 0 Å². The Morgan fingerprint density at radius 2 is 1.78 bits per heavy atom. The van der Waals surface area contributed by atoms with E-state index < -0.39 is 0 Å². The van der Waals surface area contributed by atoms with Crippen molar-refractivity contribution in [2.45, 2.75) is 33.2 Å². The number of nitrogens with one attached hydrogen (secondary N) is 1. The van der Waals surface area contributed by atoms with Gasteiger partial charge in [0.25, 0.3) is 0 Å². The van der Waals surface area contributed by atoms with Crippen molar-refractivity contribution < 1.29 is 0 Å². The van der Waals surface area contributed by atoms with Crippen LogP contribution in [0.3, 0.4) is 0 Å². The van der Waals surface area contributed by atoms with Gasteiger partial charge in [-0.15, -0.1) is 11.3 Å². The SMILES string of the molecule is CNC(Cc1cc(C)cc(C)c1)c1ccsc1C. The Hall–Kier alpha value is -1.12. The lowest BCUT2D eigenvalue weighted by Crippen LogP contribution is -2.19. The highest BCUT2D eigenvalue weighted by Gasteiger charge is 2.13. The van der Waals surface area contributed by atoms with Crippen LogP contribution in [-0.2, 0) is 6.42 Å². The lowest BCUT2D eigenvalue weighted by atomic mass is 9.97. The molecule has 0 radical (unpaired) electrons. The largest absolute Gasteiger partial charge is 0.313 e. The van der Waals surface area contributed by atoms with Gasteiger partial charge in [-0.1, -0.05) is 29.3 Å². The summed E-state index contributed by atoms with van der Waals surface area (Å²) in [6, 6.07) is 9.47.